The molecule has 3 aliphatic rings. The first-order valence-electron chi connectivity index (χ1n) is 8.37. The van der Waals surface area contributed by atoms with Crippen molar-refractivity contribution in [2.75, 3.05) is 26.2 Å². The summed E-state index contributed by atoms with van der Waals surface area (Å²) >= 11 is 0. The van der Waals surface area contributed by atoms with Gasteiger partial charge in [0.05, 0.1) is 0 Å². The molecule has 0 aromatic rings. The maximum absolute atomic E-state index is 3.73. The molecule has 1 saturated carbocycles. The lowest BCUT2D eigenvalue weighted by Gasteiger charge is -2.25. The van der Waals surface area contributed by atoms with Crippen LogP contribution in [0.4, 0.5) is 0 Å². The highest BCUT2D eigenvalue weighted by molar-refractivity contribution is 4.92. The van der Waals surface area contributed by atoms with Crippen LogP contribution in [-0.4, -0.2) is 37.1 Å². The molecule has 0 aromatic carbocycles. The summed E-state index contributed by atoms with van der Waals surface area (Å²) in [6, 6.07) is 0.826. The van der Waals surface area contributed by atoms with Crippen molar-refractivity contribution in [3.8, 4) is 0 Å². The fraction of sp³-hybridized carbons (Fsp3) is 1.00. The first-order chi connectivity index (χ1) is 8.92. The van der Waals surface area contributed by atoms with Crippen LogP contribution in [-0.2, 0) is 0 Å². The fourth-order valence-corrected chi connectivity index (χ4v) is 4.37. The Bertz CT molecular complexity index is 231. The Labute approximate surface area is 113 Å². The molecular formula is C16H30N2. The van der Waals surface area contributed by atoms with Crippen molar-refractivity contribution in [3.63, 3.8) is 0 Å². The molecule has 0 aromatic heterocycles. The van der Waals surface area contributed by atoms with Gasteiger partial charge in [0.15, 0.2) is 0 Å². The first kappa shape index (κ1) is 12.9. The lowest BCUT2D eigenvalue weighted by Crippen LogP contribution is -2.40. The Balaban J connectivity index is 1.47. The van der Waals surface area contributed by atoms with Gasteiger partial charge in [-0.1, -0.05) is 32.1 Å². The predicted molar refractivity (Wildman–Crippen MR) is 76.8 cm³/mol. The van der Waals surface area contributed by atoms with E-state index in [1.807, 2.05) is 0 Å². The molecule has 1 N–H and O–H groups in total. The van der Waals surface area contributed by atoms with Crippen LogP contribution in [0.25, 0.3) is 0 Å². The van der Waals surface area contributed by atoms with Gasteiger partial charge in [-0.15, -0.1) is 0 Å². The van der Waals surface area contributed by atoms with Gasteiger partial charge in [-0.3, -0.25) is 0 Å². The summed E-state index contributed by atoms with van der Waals surface area (Å²) in [5.74, 6) is 1.97. The van der Waals surface area contributed by atoms with Gasteiger partial charge in [0.2, 0.25) is 0 Å². The molecule has 2 heteroatoms. The van der Waals surface area contributed by atoms with Gasteiger partial charge in [0.1, 0.15) is 0 Å². The van der Waals surface area contributed by atoms with Crippen LogP contribution >= 0.6 is 0 Å². The third-order valence-corrected chi connectivity index (χ3v) is 5.42. The molecule has 18 heavy (non-hydrogen) atoms. The molecule has 0 spiro atoms. The van der Waals surface area contributed by atoms with Gasteiger partial charge >= 0.3 is 0 Å². The maximum Gasteiger partial charge on any atom is 0.0235 e. The third-order valence-electron chi connectivity index (χ3n) is 5.42. The highest BCUT2D eigenvalue weighted by atomic mass is 15.2. The van der Waals surface area contributed by atoms with Gasteiger partial charge in [0, 0.05) is 25.7 Å². The number of nitrogens with one attached hydrogen (secondary N) is 1. The van der Waals surface area contributed by atoms with Crippen molar-refractivity contribution < 1.29 is 0 Å². The molecule has 2 saturated heterocycles. The van der Waals surface area contributed by atoms with Gasteiger partial charge in [-0.25, -0.2) is 0 Å². The number of nitrogens with zero attached hydrogens (tertiary/aromatic N) is 1. The number of hydrogen-bond donors (Lipinski definition) is 1. The van der Waals surface area contributed by atoms with Crippen LogP contribution in [0.15, 0.2) is 0 Å². The van der Waals surface area contributed by atoms with E-state index in [0.717, 1.165) is 17.9 Å². The molecule has 0 bridgehead atoms. The van der Waals surface area contributed by atoms with Crippen molar-refractivity contribution in [1.29, 1.82) is 0 Å². The summed E-state index contributed by atoms with van der Waals surface area (Å²) in [5.41, 5.74) is 0. The Morgan fingerprint density at radius 3 is 2.39 bits per heavy atom. The summed E-state index contributed by atoms with van der Waals surface area (Å²) in [6.45, 7) is 5.38. The van der Waals surface area contributed by atoms with Crippen molar-refractivity contribution in [3.05, 3.63) is 0 Å². The van der Waals surface area contributed by atoms with E-state index in [1.165, 1.54) is 84.0 Å². The molecule has 2 atom stereocenters. The zero-order valence-corrected chi connectivity index (χ0v) is 11.9. The zero-order chi connectivity index (χ0) is 12.2. The van der Waals surface area contributed by atoms with Crippen LogP contribution < -0.4 is 5.32 Å². The Kier molecular flexibility index (Phi) is 4.58. The smallest absolute Gasteiger partial charge is 0.0235 e. The SMILES string of the molecule is C1CCCC(CN2CC3CCCNC3C2)CCC1. The fourth-order valence-electron chi connectivity index (χ4n) is 4.37. The minimum absolute atomic E-state index is 0.826. The van der Waals surface area contributed by atoms with E-state index < -0.39 is 0 Å². The number of piperidine rings is 1. The van der Waals surface area contributed by atoms with Crippen LogP contribution in [0.2, 0.25) is 0 Å². The van der Waals surface area contributed by atoms with Crippen molar-refractivity contribution in [1.82, 2.24) is 10.2 Å². The van der Waals surface area contributed by atoms with Crippen molar-refractivity contribution in [2.45, 2.75) is 63.8 Å². The highest BCUT2D eigenvalue weighted by Crippen LogP contribution is 2.28. The Morgan fingerprint density at radius 2 is 1.61 bits per heavy atom. The van der Waals surface area contributed by atoms with Gasteiger partial charge in [-0.2, -0.15) is 0 Å². The van der Waals surface area contributed by atoms with Crippen LogP contribution in [0.1, 0.15) is 57.8 Å². The summed E-state index contributed by atoms with van der Waals surface area (Å²) in [4.78, 5) is 2.78. The third kappa shape index (κ3) is 3.27. The number of fused-ring (bicyclic) bond motifs is 1. The van der Waals surface area contributed by atoms with Crippen molar-refractivity contribution >= 4 is 0 Å². The van der Waals surface area contributed by atoms with Crippen LogP contribution in [0, 0.1) is 11.8 Å². The lowest BCUT2D eigenvalue weighted by molar-refractivity contribution is 0.236. The molecule has 3 fully saturated rings. The first-order valence-corrected chi connectivity index (χ1v) is 8.37. The van der Waals surface area contributed by atoms with E-state index in [9.17, 15) is 0 Å². The molecule has 1 aliphatic carbocycles. The molecule has 0 amide bonds. The second-order valence-corrected chi connectivity index (χ2v) is 6.89. The molecular weight excluding hydrogens is 220 g/mol. The van der Waals surface area contributed by atoms with E-state index in [0.29, 0.717) is 0 Å². The van der Waals surface area contributed by atoms with E-state index in [2.05, 4.69) is 10.2 Å². The lowest BCUT2D eigenvalue weighted by atomic mass is 9.91. The molecule has 2 unspecified atom stereocenters. The monoisotopic (exact) mass is 250 g/mol. The molecule has 2 aliphatic heterocycles. The highest BCUT2D eigenvalue weighted by Gasteiger charge is 2.34. The maximum atomic E-state index is 3.73. The normalized spacial score (nSPS) is 36.0. The molecule has 0 radical (unpaired) electrons. The summed E-state index contributed by atoms with van der Waals surface area (Å²) in [7, 11) is 0. The Hall–Kier alpha value is -0.0800. The average Bonchev–Trinajstić information content (AvgIpc) is 2.74. The number of likely N-dealkylation sites (tertiary alicyclic amines) is 1. The van der Waals surface area contributed by atoms with Crippen molar-refractivity contribution in [2.24, 2.45) is 11.8 Å². The van der Waals surface area contributed by atoms with Crippen LogP contribution in [0.3, 0.4) is 0 Å². The Morgan fingerprint density at radius 1 is 0.833 bits per heavy atom. The molecule has 104 valence electrons. The van der Waals surface area contributed by atoms with E-state index >= 15 is 0 Å². The number of hydrogen-bond acceptors (Lipinski definition) is 2. The van der Waals surface area contributed by atoms with E-state index in [-0.39, 0.29) is 0 Å². The van der Waals surface area contributed by atoms with E-state index in [4.69, 9.17) is 0 Å². The topological polar surface area (TPSA) is 15.3 Å². The minimum atomic E-state index is 0.826. The second-order valence-electron chi connectivity index (χ2n) is 6.89. The summed E-state index contributed by atoms with van der Waals surface area (Å²) in [5, 5.41) is 3.73. The van der Waals surface area contributed by atoms with Crippen LogP contribution in [0.5, 0.6) is 0 Å². The minimum Gasteiger partial charge on any atom is -0.312 e. The molecule has 2 heterocycles. The quantitative estimate of drug-likeness (QED) is 0.810. The van der Waals surface area contributed by atoms with E-state index in [1.54, 1.807) is 0 Å². The standard InChI is InChI=1S/C16H30N2/c1-2-4-7-14(8-5-3-1)11-18-12-15-9-6-10-17-16(15)13-18/h14-17H,1-13H2. The zero-order valence-electron chi connectivity index (χ0n) is 11.9. The molecule has 3 rings (SSSR count). The number of rotatable bonds is 2. The summed E-state index contributed by atoms with van der Waals surface area (Å²) < 4.78 is 0. The van der Waals surface area contributed by atoms with Gasteiger partial charge in [0.25, 0.3) is 0 Å². The second kappa shape index (κ2) is 6.38. The predicted octanol–water partition coefficient (Wildman–Crippen LogP) is 3.03. The van der Waals surface area contributed by atoms with Gasteiger partial charge in [-0.05, 0) is 44.1 Å². The average molecular weight is 250 g/mol. The van der Waals surface area contributed by atoms with Gasteiger partial charge < -0.3 is 10.2 Å². The molecule has 2 nitrogen and oxygen atoms in total. The summed E-state index contributed by atoms with van der Waals surface area (Å²) in [6.07, 6.45) is 13.3. The largest absolute Gasteiger partial charge is 0.312 e.